The zero-order valence-electron chi connectivity index (χ0n) is 18.0. The van der Waals surface area contributed by atoms with Gasteiger partial charge >= 0.3 is 0 Å². The smallest absolute Gasteiger partial charge is 0.207 e. The van der Waals surface area contributed by atoms with E-state index in [1.807, 2.05) is 0 Å². The topological polar surface area (TPSA) is 22.1 Å². The summed E-state index contributed by atoms with van der Waals surface area (Å²) >= 11 is 0. The Morgan fingerprint density at radius 2 is 0.917 bits per heavy atom. The molecule has 0 fully saturated rings. The average molecular weight is 380 g/mol. The number of hydrogen-bond acceptors (Lipinski definition) is 1. The van der Waals surface area contributed by atoms with Crippen LogP contribution in [0.15, 0.2) is 4.52 Å². The fourth-order valence-electron chi connectivity index (χ4n) is 3.39. The van der Waals surface area contributed by atoms with Gasteiger partial charge in [-0.1, -0.05) is 40.0 Å². The molecule has 0 aromatic carbocycles. The molecular weight excluding hydrogens is 334 g/mol. The van der Waals surface area contributed by atoms with E-state index in [0.29, 0.717) is 0 Å². The number of rotatable bonds is 13. The first kappa shape index (κ1) is 24.5. The molecule has 6 heteroatoms. The van der Waals surface area contributed by atoms with E-state index in [0.717, 1.165) is 0 Å². The number of unbranched alkanes of at least 4 members (excludes halogenated alkanes) is 3. The molecule has 146 valence electrons. The van der Waals surface area contributed by atoms with Crippen LogP contribution in [0.5, 0.6) is 0 Å². The highest BCUT2D eigenvalue weighted by Gasteiger charge is 2.42. The number of hydrogen-bond donors (Lipinski definition) is 0. The van der Waals surface area contributed by atoms with Gasteiger partial charge in [0.25, 0.3) is 0 Å². The van der Waals surface area contributed by atoms with Crippen LogP contribution >= 0.6 is 14.9 Å². The van der Waals surface area contributed by atoms with Gasteiger partial charge in [-0.15, -0.1) is 4.52 Å². The Kier molecular flexibility index (Phi) is 12.3. The van der Waals surface area contributed by atoms with Crippen molar-refractivity contribution in [1.29, 1.82) is 0 Å². The lowest BCUT2D eigenvalue weighted by atomic mass is 10.4. The van der Waals surface area contributed by atoms with Crippen molar-refractivity contribution in [2.45, 2.75) is 59.3 Å². The second-order valence-corrected chi connectivity index (χ2v) is 15.2. The van der Waals surface area contributed by atoms with Gasteiger partial charge in [0.15, 0.2) is 0 Å². The van der Waals surface area contributed by atoms with Crippen molar-refractivity contribution in [2.24, 2.45) is 4.52 Å². The van der Waals surface area contributed by atoms with E-state index in [1.54, 1.807) is 0 Å². The Labute approximate surface area is 154 Å². The van der Waals surface area contributed by atoms with E-state index in [2.05, 4.69) is 77.1 Å². The summed E-state index contributed by atoms with van der Waals surface area (Å²) in [4.78, 5) is 0. The average Bonchev–Trinajstić information content (AvgIpc) is 2.52. The SMILES string of the molecule is CCCC[P+](CCCC)(CCCC)N=P(N(C)C)(N(C)C)N(C)C. The van der Waals surface area contributed by atoms with Gasteiger partial charge in [-0.05, 0) is 61.5 Å². The van der Waals surface area contributed by atoms with E-state index in [-0.39, 0.29) is 0 Å². The van der Waals surface area contributed by atoms with Gasteiger partial charge in [0.2, 0.25) is 7.51 Å². The third-order valence-electron chi connectivity index (χ3n) is 4.70. The Morgan fingerprint density at radius 3 is 1.12 bits per heavy atom. The zero-order chi connectivity index (χ0) is 18.8. The molecule has 0 bridgehead atoms. The second kappa shape index (κ2) is 12.0. The summed E-state index contributed by atoms with van der Waals surface area (Å²) in [6, 6.07) is 0. The molecule has 0 aromatic heterocycles. The van der Waals surface area contributed by atoms with Crippen molar-refractivity contribution in [3.05, 3.63) is 0 Å². The molecule has 0 heterocycles. The third kappa shape index (κ3) is 6.69. The highest BCUT2D eigenvalue weighted by atomic mass is 31.2. The predicted octanol–water partition coefficient (Wildman–Crippen LogP) is 5.95. The molecule has 0 amide bonds. The second-order valence-electron chi connectivity index (χ2n) is 7.49. The van der Waals surface area contributed by atoms with E-state index in [9.17, 15) is 0 Å². The Hall–Kier alpha value is 0.540. The first-order valence-electron chi connectivity index (χ1n) is 9.75. The molecule has 0 unspecified atom stereocenters. The molecule has 0 aliphatic rings. The van der Waals surface area contributed by atoms with E-state index in [1.165, 1.54) is 57.0 Å². The molecule has 24 heavy (non-hydrogen) atoms. The van der Waals surface area contributed by atoms with Crippen LogP contribution in [0.25, 0.3) is 0 Å². The van der Waals surface area contributed by atoms with Gasteiger partial charge in [-0.25, -0.2) is 14.0 Å². The first-order valence-corrected chi connectivity index (χ1v) is 13.7. The van der Waals surface area contributed by atoms with Crippen LogP contribution in [0.2, 0.25) is 0 Å². The predicted molar refractivity (Wildman–Crippen MR) is 117 cm³/mol. The fraction of sp³-hybridized carbons (Fsp3) is 1.00. The van der Waals surface area contributed by atoms with Crippen LogP contribution in [-0.2, 0) is 0 Å². The molecule has 0 saturated carbocycles. The Morgan fingerprint density at radius 1 is 0.625 bits per heavy atom. The highest BCUT2D eigenvalue weighted by Crippen LogP contribution is 2.72. The van der Waals surface area contributed by atoms with Gasteiger partial charge in [0, 0.05) is 0 Å². The molecule has 0 atom stereocenters. The largest absolute Gasteiger partial charge is 0.249 e. The Bertz CT molecular complexity index is 331. The normalized spacial score (nSPS) is 13.3. The van der Waals surface area contributed by atoms with Gasteiger partial charge in [0.05, 0.1) is 18.5 Å². The maximum absolute atomic E-state index is 5.85. The van der Waals surface area contributed by atoms with Gasteiger partial charge in [-0.3, -0.25) is 0 Å². The molecule has 0 aliphatic heterocycles. The highest BCUT2D eigenvalue weighted by molar-refractivity contribution is 7.80. The van der Waals surface area contributed by atoms with Gasteiger partial charge < -0.3 is 0 Å². The summed E-state index contributed by atoms with van der Waals surface area (Å²) in [5.41, 5.74) is 0. The maximum Gasteiger partial charge on any atom is 0.207 e. The van der Waals surface area contributed by atoms with Gasteiger partial charge in [0.1, 0.15) is 7.41 Å². The molecule has 0 saturated heterocycles. The lowest BCUT2D eigenvalue weighted by Crippen LogP contribution is -2.31. The first-order chi connectivity index (χ1) is 11.2. The molecule has 0 N–H and O–H groups in total. The summed E-state index contributed by atoms with van der Waals surface area (Å²) in [6.45, 7) is 6.96. The minimum atomic E-state index is -1.78. The van der Waals surface area contributed by atoms with Crippen LogP contribution in [0.1, 0.15) is 59.3 Å². The summed E-state index contributed by atoms with van der Waals surface area (Å²) in [6.07, 6.45) is 11.9. The minimum absolute atomic E-state index is 1.28. The van der Waals surface area contributed by atoms with E-state index < -0.39 is 14.9 Å². The molecule has 0 aromatic rings. The monoisotopic (exact) mass is 379 g/mol. The quantitative estimate of drug-likeness (QED) is 0.369. The van der Waals surface area contributed by atoms with Crippen molar-refractivity contribution in [3.63, 3.8) is 0 Å². The Balaban J connectivity index is 6.17. The number of nitrogens with zero attached hydrogens (tertiary/aromatic N) is 4. The zero-order valence-corrected chi connectivity index (χ0v) is 19.8. The molecule has 4 nitrogen and oxygen atoms in total. The molecule has 0 spiro atoms. The van der Waals surface area contributed by atoms with Crippen molar-refractivity contribution < 1.29 is 0 Å². The fourth-order valence-corrected chi connectivity index (χ4v) is 14.0. The lowest BCUT2D eigenvalue weighted by Gasteiger charge is -2.41. The van der Waals surface area contributed by atoms with Crippen LogP contribution in [0.4, 0.5) is 0 Å². The summed E-state index contributed by atoms with van der Waals surface area (Å²) in [5, 5.41) is 0. The summed E-state index contributed by atoms with van der Waals surface area (Å²) in [5.74, 6) is 0. The van der Waals surface area contributed by atoms with Crippen LogP contribution in [0, 0.1) is 0 Å². The molecule has 0 aliphatic carbocycles. The lowest BCUT2D eigenvalue weighted by molar-refractivity contribution is 0.475. The van der Waals surface area contributed by atoms with E-state index >= 15 is 0 Å². The molecule has 0 radical (unpaired) electrons. The van der Waals surface area contributed by atoms with E-state index in [4.69, 9.17) is 4.52 Å². The standard InChI is InChI=1S/C18H45N4P2/c1-10-13-16-23(17-14-11-2,18-15-12-3)19-24(20(4)5,21(6)7)22(8)9/h10-18H2,1-9H3/q+1. The minimum Gasteiger partial charge on any atom is -0.249 e. The van der Waals surface area contributed by atoms with Crippen molar-refractivity contribution in [2.75, 3.05) is 60.8 Å². The van der Waals surface area contributed by atoms with Gasteiger partial charge in [-0.2, -0.15) is 0 Å². The van der Waals surface area contributed by atoms with Crippen LogP contribution in [0.3, 0.4) is 0 Å². The van der Waals surface area contributed by atoms with Crippen molar-refractivity contribution >= 4 is 14.9 Å². The maximum atomic E-state index is 5.85. The summed E-state index contributed by atoms with van der Waals surface area (Å²) < 4.78 is 13.0. The summed E-state index contributed by atoms with van der Waals surface area (Å²) in [7, 11) is 10.2. The third-order valence-corrected chi connectivity index (χ3v) is 13.8. The molecule has 0 rings (SSSR count). The van der Waals surface area contributed by atoms with Crippen LogP contribution in [-0.4, -0.2) is 74.8 Å². The van der Waals surface area contributed by atoms with Crippen LogP contribution < -0.4 is 0 Å². The van der Waals surface area contributed by atoms with Crippen molar-refractivity contribution in [3.8, 4) is 0 Å². The molecular formula is C18H45N4P2+. The van der Waals surface area contributed by atoms with Crippen molar-refractivity contribution in [1.82, 2.24) is 14.0 Å².